The van der Waals surface area contributed by atoms with Crippen molar-refractivity contribution < 1.29 is 4.74 Å². The van der Waals surface area contributed by atoms with E-state index in [0.29, 0.717) is 6.04 Å². The molecular formula is C16H25NO. The number of ether oxygens (including phenoxy) is 1. The Hall–Kier alpha value is -1.02. The highest BCUT2D eigenvalue weighted by molar-refractivity contribution is 5.31. The van der Waals surface area contributed by atoms with E-state index < -0.39 is 0 Å². The fraction of sp³-hybridized carbons (Fsp3) is 0.625. The van der Waals surface area contributed by atoms with Gasteiger partial charge in [0.2, 0.25) is 0 Å². The zero-order valence-corrected chi connectivity index (χ0v) is 11.8. The smallest absolute Gasteiger partial charge is 0.119 e. The van der Waals surface area contributed by atoms with Crippen molar-refractivity contribution in [3.05, 3.63) is 29.8 Å². The predicted octanol–water partition coefficient (Wildman–Crippen LogP) is 3.58. The van der Waals surface area contributed by atoms with E-state index in [1.165, 1.54) is 18.4 Å². The lowest BCUT2D eigenvalue weighted by Crippen LogP contribution is -2.36. The molecule has 2 nitrogen and oxygen atoms in total. The lowest BCUT2D eigenvalue weighted by Gasteiger charge is -2.37. The average Bonchev–Trinajstić information content (AvgIpc) is 2.30. The fourth-order valence-corrected chi connectivity index (χ4v) is 2.62. The summed E-state index contributed by atoms with van der Waals surface area (Å²) in [5.74, 6) is 2.54. The Bertz CT molecular complexity index is 358. The molecule has 1 aliphatic rings. The minimum atomic E-state index is 0.589. The van der Waals surface area contributed by atoms with E-state index in [2.05, 4.69) is 43.4 Å². The molecule has 2 heteroatoms. The third kappa shape index (κ3) is 3.26. The van der Waals surface area contributed by atoms with Gasteiger partial charge in [0.05, 0.1) is 6.61 Å². The number of rotatable bonds is 6. The van der Waals surface area contributed by atoms with E-state index >= 15 is 0 Å². The monoisotopic (exact) mass is 247 g/mol. The van der Waals surface area contributed by atoms with Crippen molar-refractivity contribution in [2.75, 3.05) is 13.2 Å². The summed E-state index contributed by atoms with van der Waals surface area (Å²) < 4.78 is 5.49. The maximum absolute atomic E-state index is 5.49. The highest BCUT2D eigenvalue weighted by Gasteiger charge is 2.31. The zero-order chi connectivity index (χ0) is 13.0. The molecule has 1 fully saturated rings. The number of nitrogens with one attached hydrogen (secondary N) is 1. The first kappa shape index (κ1) is 13.4. The molecule has 1 saturated carbocycles. The van der Waals surface area contributed by atoms with Gasteiger partial charge < -0.3 is 10.1 Å². The molecule has 1 aliphatic carbocycles. The van der Waals surface area contributed by atoms with E-state index in [9.17, 15) is 0 Å². The van der Waals surface area contributed by atoms with Crippen LogP contribution in [0.1, 0.15) is 45.1 Å². The van der Waals surface area contributed by atoms with Crippen LogP contribution in [0.4, 0.5) is 0 Å². The van der Waals surface area contributed by atoms with E-state index in [1.54, 1.807) is 0 Å². The van der Waals surface area contributed by atoms with Crippen molar-refractivity contribution >= 4 is 0 Å². The Morgan fingerprint density at radius 1 is 1.22 bits per heavy atom. The largest absolute Gasteiger partial charge is 0.494 e. The molecule has 2 rings (SSSR count). The lowest BCUT2D eigenvalue weighted by atomic mass is 9.70. The summed E-state index contributed by atoms with van der Waals surface area (Å²) in [6.07, 6.45) is 2.69. The topological polar surface area (TPSA) is 21.3 Å². The van der Waals surface area contributed by atoms with Gasteiger partial charge in [0.15, 0.2) is 0 Å². The normalized spacial score (nSPS) is 22.9. The average molecular weight is 247 g/mol. The van der Waals surface area contributed by atoms with Gasteiger partial charge in [-0.1, -0.05) is 26.0 Å². The minimum absolute atomic E-state index is 0.589. The molecule has 1 aromatic carbocycles. The highest BCUT2D eigenvalue weighted by Crippen LogP contribution is 2.42. The molecule has 0 bridgehead atoms. The van der Waals surface area contributed by atoms with E-state index in [0.717, 1.165) is 30.7 Å². The molecule has 0 saturated heterocycles. The number of hydrogen-bond donors (Lipinski definition) is 1. The quantitative estimate of drug-likeness (QED) is 0.829. The van der Waals surface area contributed by atoms with Gasteiger partial charge in [0.25, 0.3) is 0 Å². The zero-order valence-electron chi connectivity index (χ0n) is 11.8. The van der Waals surface area contributed by atoms with Crippen molar-refractivity contribution in [2.24, 2.45) is 5.92 Å². The molecule has 100 valence electrons. The van der Waals surface area contributed by atoms with Gasteiger partial charge in [0.1, 0.15) is 5.75 Å². The van der Waals surface area contributed by atoms with Crippen LogP contribution in [-0.4, -0.2) is 19.2 Å². The van der Waals surface area contributed by atoms with Crippen molar-refractivity contribution in [3.8, 4) is 5.75 Å². The molecule has 1 N–H and O–H groups in total. The molecule has 1 aromatic rings. The standard InChI is InChI=1S/C16H25NO/c1-4-18-15-8-5-13(6-9-15)16-10-7-14(16)11-17-12(2)3/h5-6,8-9,12,14,16-17H,4,7,10-11H2,1-3H3. The molecule has 0 aromatic heterocycles. The van der Waals surface area contributed by atoms with E-state index in [1.807, 2.05) is 6.92 Å². The first-order chi connectivity index (χ1) is 8.70. The first-order valence-corrected chi connectivity index (χ1v) is 7.16. The Morgan fingerprint density at radius 3 is 2.44 bits per heavy atom. The maximum atomic E-state index is 5.49. The molecule has 0 heterocycles. The van der Waals surface area contributed by atoms with Crippen LogP contribution in [0.25, 0.3) is 0 Å². The summed E-state index contributed by atoms with van der Waals surface area (Å²) in [5.41, 5.74) is 1.47. The van der Waals surface area contributed by atoms with Crippen LogP contribution in [0.5, 0.6) is 5.75 Å². The Morgan fingerprint density at radius 2 is 1.94 bits per heavy atom. The second-order valence-electron chi connectivity index (χ2n) is 5.51. The lowest BCUT2D eigenvalue weighted by molar-refractivity contribution is 0.240. The van der Waals surface area contributed by atoms with E-state index in [-0.39, 0.29) is 0 Å². The molecule has 0 aliphatic heterocycles. The van der Waals surface area contributed by atoms with E-state index in [4.69, 9.17) is 4.74 Å². The Balaban J connectivity index is 1.90. The maximum Gasteiger partial charge on any atom is 0.119 e. The third-order valence-electron chi connectivity index (χ3n) is 3.83. The predicted molar refractivity (Wildman–Crippen MR) is 76.2 cm³/mol. The first-order valence-electron chi connectivity index (χ1n) is 7.16. The summed E-state index contributed by atoms with van der Waals surface area (Å²) in [7, 11) is 0. The van der Waals surface area contributed by atoms with Gasteiger partial charge in [-0.3, -0.25) is 0 Å². The van der Waals surface area contributed by atoms with Crippen molar-refractivity contribution in [3.63, 3.8) is 0 Å². The number of hydrogen-bond acceptors (Lipinski definition) is 2. The SMILES string of the molecule is CCOc1ccc(C2CCC2CNC(C)C)cc1. The molecule has 2 atom stereocenters. The van der Waals surface area contributed by atoms with Crippen LogP contribution in [-0.2, 0) is 0 Å². The van der Waals surface area contributed by atoms with Crippen LogP contribution >= 0.6 is 0 Å². The van der Waals surface area contributed by atoms with Crippen LogP contribution in [0.3, 0.4) is 0 Å². The van der Waals surface area contributed by atoms with Gasteiger partial charge in [-0.25, -0.2) is 0 Å². The molecule has 2 unspecified atom stereocenters. The summed E-state index contributed by atoms with van der Waals surface area (Å²) >= 11 is 0. The molecule has 0 spiro atoms. The van der Waals surface area contributed by atoms with Gasteiger partial charge >= 0.3 is 0 Å². The van der Waals surface area contributed by atoms with Crippen molar-refractivity contribution in [2.45, 2.75) is 45.6 Å². The van der Waals surface area contributed by atoms with Crippen molar-refractivity contribution in [1.82, 2.24) is 5.32 Å². The summed E-state index contributed by atoms with van der Waals surface area (Å²) in [4.78, 5) is 0. The molecule has 0 amide bonds. The Kier molecular flexibility index (Phi) is 4.65. The number of benzene rings is 1. The third-order valence-corrected chi connectivity index (χ3v) is 3.83. The van der Waals surface area contributed by atoms with Gasteiger partial charge in [-0.15, -0.1) is 0 Å². The van der Waals surface area contributed by atoms with Gasteiger partial charge in [0, 0.05) is 6.04 Å². The highest BCUT2D eigenvalue weighted by atomic mass is 16.5. The second kappa shape index (κ2) is 6.24. The van der Waals surface area contributed by atoms with Gasteiger partial charge in [-0.2, -0.15) is 0 Å². The van der Waals surface area contributed by atoms with Crippen molar-refractivity contribution in [1.29, 1.82) is 0 Å². The molecule has 18 heavy (non-hydrogen) atoms. The van der Waals surface area contributed by atoms with Crippen LogP contribution in [0.15, 0.2) is 24.3 Å². The second-order valence-corrected chi connectivity index (χ2v) is 5.51. The summed E-state index contributed by atoms with van der Waals surface area (Å²) in [5, 5.41) is 3.55. The fourth-order valence-electron chi connectivity index (χ4n) is 2.62. The summed E-state index contributed by atoms with van der Waals surface area (Å²) in [6.45, 7) is 8.34. The Labute approximate surface area is 111 Å². The van der Waals surface area contributed by atoms with Gasteiger partial charge in [-0.05, 0) is 55.8 Å². The van der Waals surface area contributed by atoms with Crippen LogP contribution in [0.2, 0.25) is 0 Å². The molecule has 0 radical (unpaired) electrons. The van der Waals surface area contributed by atoms with Crippen LogP contribution < -0.4 is 10.1 Å². The summed E-state index contributed by atoms with van der Waals surface area (Å²) in [6, 6.07) is 9.26. The van der Waals surface area contributed by atoms with Crippen LogP contribution in [0, 0.1) is 5.92 Å². The molecular weight excluding hydrogens is 222 g/mol. The minimum Gasteiger partial charge on any atom is -0.494 e.